The molecule has 7 nitrogen and oxygen atoms in total. The van der Waals surface area contributed by atoms with Gasteiger partial charge in [0.1, 0.15) is 0 Å². The number of piperidine rings is 1. The summed E-state index contributed by atoms with van der Waals surface area (Å²) in [7, 11) is 0. The molecule has 0 bridgehead atoms. The van der Waals surface area contributed by atoms with Crippen molar-refractivity contribution in [2.24, 2.45) is 23.0 Å². The highest BCUT2D eigenvalue weighted by molar-refractivity contribution is 6.31. The number of carbonyl (C=O) groups is 1. The maximum atomic E-state index is 12.0. The van der Waals surface area contributed by atoms with Gasteiger partial charge in [0.15, 0.2) is 0 Å². The lowest BCUT2D eigenvalue weighted by Gasteiger charge is -2.39. The molecule has 2 heterocycles. The molecule has 2 aromatic carbocycles. The van der Waals surface area contributed by atoms with Crippen molar-refractivity contribution < 1.29 is 14.4 Å². The number of carboxylic acids is 1. The standard InChI is InChI=1S/C29H34ClN3O3.C4H11N/c1-19(2)15-23-9-10-24(16-25(23)30)27-31-26(32-36-27)22-7-5-21(6-8-22)18-33-13-11-29(12-14-33,28(34)35)17-20-3-4-20;1-4(2,3)5/h5-10,16,19-20H,3-4,11-15,17-18H2,1-2H3,(H,34,35);5H2,1-3H3. The third kappa shape index (κ3) is 9.12. The van der Waals surface area contributed by atoms with Crippen LogP contribution in [0.4, 0.5) is 0 Å². The number of aliphatic carboxylic acids is 1. The number of likely N-dealkylation sites (tertiary alicyclic amines) is 1. The van der Waals surface area contributed by atoms with E-state index >= 15 is 0 Å². The van der Waals surface area contributed by atoms with E-state index in [1.165, 1.54) is 18.4 Å². The Morgan fingerprint density at radius 1 is 1.12 bits per heavy atom. The molecule has 0 radical (unpaired) electrons. The fraction of sp³-hybridized carbons (Fsp3) is 0.545. The highest BCUT2D eigenvalue weighted by Gasteiger charge is 2.45. The van der Waals surface area contributed by atoms with E-state index in [0.717, 1.165) is 67.0 Å². The molecule has 0 spiro atoms. The Kier molecular flexibility index (Phi) is 9.93. The van der Waals surface area contributed by atoms with Crippen molar-refractivity contribution in [3.63, 3.8) is 0 Å². The van der Waals surface area contributed by atoms with Crippen LogP contribution in [0.5, 0.6) is 0 Å². The smallest absolute Gasteiger partial charge is 0.309 e. The number of hydrogen-bond donors (Lipinski definition) is 2. The Labute approximate surface area is 249 Å². The van der Waals surface area contributed by atoms with Gasteiger partial charge in [0.25, 0.3) is 5.89 Å². The van der Waals surface area contributed by atoms with Gasteiger partial charge in [0.05, 0.1) is 5.41 Å². The van der Waals surface area contributed by atoms with Gasteiger partial charge in [-0.1, -0.05) is 73.8 Å². The molecule has 0 unspecified atom stereocenters. The Balaban J connectivity index is 0.000000714. The molecular weight excluding hydrogens is 536 g/mol. The third-order valence-corrected chi connectivity index (χ3v) is 7.97. The minimum Gasteiger partial charge on any atom is -0.481 e. The van der Waals surface area contributed by atoms with E-state index in [9.17, 15) is 9.90 Å². The summed E-state index contributed by atoms with van der Waals surface area (Å²) >= 11 is 6.48. The number of benzene rings is 2. The van der Waals surface area contributed by atoms with E-state index in [-0.39, 0.29) is 5.54 Å². The van der Waals surface area contributed by atoms with Gasteiger partial charge in [-0.25, -0.2) is 0 Å². The van der Waals surface area contributed by atoms with Gasteiger partial charge in [0.2, 0.25) is 5.82 Å². The van der Waals surface area contributed by atoms with E-state index in [0.29, 0.717) is 23.6 Å². The fourth-order valence-corrected chi connectivity index (χ4v) is 5.54. The zero-order valence-corrected chi connectivity index (χ0v) is 25.9. The largest absolute Gasteiger partial charge is 0.481 e. The summed E-state index contributed by atoms with van der Waals surface area (Å²) in [4.78, 5) is 18.9. The number of carboxylic acid groups (broad SMARTS) is 1. The van der Waals surface area contributed by atoms with Crippen LogP contribution in [0.25, 0.3) is 22.8 Å². The minimum absolute atomic E-state index is 0. The summed E-state index contributed by atoms with van der Waals surface area (Å²) in [6.45, 7) is 12.7. The van der Waals surface area contributed by atoms with E-state index < -0.39 is 11.4 Å². The highest BCUT2D eigenvalue weighted by atomic mass is 35.5. The number of nitrogens with two attached hydrogens (primary N) is 1. The van der Waals surface area contributed by atoms with Gasteiger partial charge in [-0.15, -0.1) is 0 Å². The molecule has 1 aliphatic carbocycles. The Hall–Kier alpha value is -2.74. The first-order valence-electron chi connectivity index (χ1n) is 14.8. The third-order valence-electron chi connectivity index (χ3n) is 7.62. The van der Waals surface area contributed by atoms with Gasteiger partial charge in [0, 0.05) is 28.2 Å². The van der Waals surface area contributed by atoms with Crippen molar-refractivity contribution in [3.05, 3.63) is 58.6 Å². The second kappa shape index (κ2) is 13.1. The van der Waals surface area contributed by atoms with Gasteiger partial charge in [-0.2, -0.15) is 4.98 Å². The van der Waals surface area contributed by atoms with Gasteiger partial charge < -0.3 is 15.4 Å². The number of aromatic nitrogens is 2. The first-order chi connectivity index (χ1) is 19.3. The van der Waals surface area contributed by atoms with E-state index in [1.54, 1.807) is 0 Å². The van der Waals surface area contributed by atoms with Crippen LogP contribution in [0, 0.1) is 17.3 Å². The second-order valence-electron chi connectivity index (χ2n) is 13.4. The molecule has 0 amide bonds. The zero-order chi connectivity index (χ0) is 29.8. The molecule has 0 atom stereocenters. The quantitative estimate of drug-likeness (QED) is 0.270. The predicted molar refractivity (Wildman–Crippen MR) is 165 cm³/mol. The normalized spacial score (nSPS) is 17.3. The van der Waals surface area contributed by atoms with Crippen molar-refractivity contribution in [1.29, 1.82) is 0 Å². The molecule has 222 valence electrons. The van der Waals surface area contributed by atoms with Crippen molar-refractivity contribution in [2.75, 3.05) is 13.1 Å². The molecule has 1 saturated heterocycles. The van der Waals surface area contributed by atoms with Crippen molar-refractivity contribution in [2.45, 2.75) is 85.2 Å². The van der Waals surface area contributed by atoms with Crippen molar-refractivity contribution >= 4 is 17.6 Å². The van der Waals surface area contributed by atoms with Crippen molar-refractivity contribution in [3.8, 4) is 22.8 Å². The summed E-state index contributed by atoms with van der Waals surface area (Å²) in [6, 6.07) is 14.1. The second-order valence-corrected chi connectivity index (χ2v) is 13.8. The summed E-state index contributed by atoms with van der Waals surface area (Å²) in [6.07, 6.45) is 5.66. The molecule has 41 heavy (non-hydrogen) atoms. The predicted octanol–water partition coefficient (Wildman–Crippen LogP) is 7.47. The summed E-state index contributed by atoms with van der Waals surface area (Å²) in [5, 5.41) is 14.8. The maximum absolute atomic E-state index is 12.0. The van der Waals surface area contributed by atoms with Crippen LogP contribution >= 0.6 is 11.6 Å². The fourth-order valence-electron chi connectivity index (χ4n) is 5.28. The first kappa shape index (κ1) is 31.2. The van der Waals surface area contributed by atoms with Crippen LogP contribution in [0.15, 0.2) is 47.0 Å². The Bertz CT molecular complexity index is 1290. The molecular formula is C33H45ClN4O3. The SMILES string of the molecule is CC(C)(C)N.CC(C)Cc1ccc(-c2nc(-c3ccc(CN4CCC(CC5CC5)(C(=O)O)CC4)cc3)no2)cc1Cl. The average molecular weight is 581 g/mol. The Morgan fingerprint density at radius 3 is 2.27 bits per heavy atom. The number of halogens is 1. The lowest BCUT2D eigenvalue weighted by Crippen LogP contribution is -2.44. The highest BCUT2D eigenvalue weighted by Crippen LogP contribution is 2.46. The van der Waals surface area contributed by atoms with Gasteiger partial charge >= 0.3 is 5.97 Å². The molecule has 2 fully saturated rings. The molecule has 8 heteroatoms. The number of nitrogens with zero attached hydrogens (tertiary/aromatic N) is 3. The monoisotopic (exact) mass is 580 g/mol. The Morgan fingerprint density at radius 2 is 1.73 bits per heavy atom. The van der Waals surface area contributed by atoms with Crippen LogP contribution in [-0.4, -0.2) is 44.7 Å². The van der Waals surface area contributed by atoms with Crippen LogP contribution in [0.1, 0.15) is 77.8 Å². The summed E-state index contributed by atoms with van der Waals surface area (Å²) < 4.78 is 5.53. The molecule has 1 aromatic heterocycles. The molecule has 3 N–H and O–H groups in total. The van der Waals surface area contributed by atoms with Crippen LogP contribution < -0.4 is 5.73 Å². The van der Waals surface area contributed by atoms with Crippen LogP contribution in [-0.2, 0) is 17.8 Å². The number of hydrogen-bond acceptors (Lipinski definition) is 6. The van der Waals surface area contributed by atoms with Crippen molar-refractivity contribution in [1.82, 2.24) is 15.0 Å². The van der Waals surface area contributed by atoms with E-state index in [1.807, 2.05) is 51.1 Å². The minimum atomic E-state index is -0.605. The van der Waals surface area contributed by atoms with Gasteiger partial charge in [-0.05, 0) is 94.6 Å². The molecule has 1 aliphatic heterocycles. The summed E-state index contributed by atoms with van der Waals surface area (Å²) in [5.41, 5.74) is 8.86. The molecule has 1 saturated carbocycles. The molecule has 5 rings (SSSR count). The zero-order valence-electron chi connectivity index (χ0n) is 25.1. The van der Waals surface area contributed by atoms with Crippen LogP contribution in [0.3, 0.4) is 0 Å². The van der Waals surface area contributed by atoms with E-state index in [4.69, 9.17) is 21.9 Å². The average Bonchev–Trinajstić information content (AvgIpc) is 3.56. The lowest BCUT2D eigenvalue weighted by molar-refractivity contribution is -0.153. The summed E-state index contributed by atoms with van der Waals surface area (Å²) in [5.74, 6) is 1.56. The lowest BCUT2D eigenvalue weighted by atomic mass is 9.74. The van der Waals surface area contributed by atoms with E-state index in [2.05, 4.69) is 41.0 Å². The molecule has 3 aromatic rings. The molecule has 2 aliphatic rings. The van der Waals surface area contributed by atoms with Crippen LogP contribution in [0.2, 0.25) is 5.02 Å². The van der Waals surface area contributed by atoms with Gasteiger partial charge in [-0.3, -0.25) is 9.69 Å². The topological polar surface area (TPSA) is 105 Å². The first-order valence-corrected chi connectivity index (χ1v) is 15.2. The number of rotatable bonds is 9. The maximum Gasteiger partial charge on any atom is 0.309 e.